The van der Waals surface area contributed by atoms with Crippen LogP contribution in [0, 0.1) is 10.1 Å². The van der Waals surface area contributed by atoms with Crippen molar-refractivity contribution >= 4 is 63.0 Å². The van der Waals surface area contributed by atoms with Crippen molar-refractivity contribution in [3.8, 4) is 0 Å². The number of anilines is 1. The molecule has 0 saturated carbocycles. The monoisotopic (exact) mass is 527 g/mol. The molecule has 0 atom stereocenters. The van der Waals surface area contributed by atoms with Crippen molar-refractivity contribution in [3.63, 3.8) is 0 Å². The quantitative estimate of drug-likeness (QED) is 0.298. The highest BCUT2D eigenvalue weighted by atomic mass is 35.5. The minimum Gasteiger partial charge on any atom is -0.362 e. The van der Waals surface area contributed by atoms with E-state index >= 15 is 0 Å². The van der Waals surface area contributed by atoms with E-state index < -0.39 is 16.2 Å². The molecule has 0 spiro atoms. The Labute approximate surface area is 211 Å². The van der Waals surface area contributed by atoms with Crippen LogP contribution >= 0.6 is 34.8 Å². The molecule has 2 aromatic carbocycles. The number of alkyl halides is 1. The van der Waals surface area contributed by atoms with E-state index in [2.05, 4.69) is 11.6 Å². The number of nitrogens with zero attached hydrogens (tertiary/aromatic N) is 4. The molecule has 12 heteroatoms. The zero-order valence-corrected chi connectivity index (χ0v) is 20.9. The fraction of sp³-hybridized carbons (Fsp3) is 0.273. The van der Waals surface area contributed by atoms with Crippen molar-refractivity contribution in [2.45, 2.75) is 0 Å². The van der Waals surface area contributed by atoms with Crippen LogP contribution in [0.5, 0.6) is 0 Å². The average Bonchev–Trinajstić information content (AvgIpc) is 2.83. The van der Waals surface area contributed by atoms with Gasteiger partial charge in [0.2, 0.25) is 0 Å². The van der Waals surface area contributed by atoms with Crippen molar-refractivity contribution in [2.75, 3.05) is 37.5 Å². The first-order valence-electron chi connectivity index (χ1n) is 9.92. The van der Waals surface area contributed by atoms with Gasteiger partial charge >= 0.3 is 11.2 Å². The summed E-state index contributed by atoms with van der Waals surface area (Å²) in [7, 11) is 1.52. The Kier molecular flexibility index (Phi) is 9.29. The van der Waals surface area contributed by atoms with Crippen LogP contribution < -0.4 is 16.6 Å². The Morgan fingerprint density at radius 1 is 1.00 bits per heavy atom. The summed E-state index contributed by atoms with van der Waals surface area (Å²) in [5.41, 5.74) is 0.221. The van der Waals surface area contributed by atoms with E-state index in [4.69, 9.17) is 23.2 Å². The SMILES string of the molecule is CCl.Cn1c(=O)c([N+](=O)[O-])c(N2CCN(C(=O)c3ccc(Cl)c(Cl)c3)CC2)c2ccccc21.N. The normalized spacial score (nSPS) is 13.1. The van der Waals surface area contributed by atoms with Crippen LogP contribution in [0.2, 0.25) is 10.0 Å². The summed E-state index contributed by atoms with van der Waals surface area (Å²) >= 11 is 16.6. The summed E-state index contributed by atoms with van der Waals surface area (Å²) in [5, 5.41) is 13.1. The highest BCUT2D eigenvalue weighted by Gasteiger charge is 2.31. The summed E-state index contributed by atoms with van der Waals surface area (Å²) in [4.78, 5) is 40.2. The summed E-state index contributed by atoms with van der Waals surface area (Å²) in [6.45, 7) is 1.40. The molecular formula is C22H24Cl3N5O4. The summed E-state index contributed by atoms with van der Waals surface area (Å²) in [6.07, 6.45) is 1.47. The van der Waals surface area contributed by atoms with Crippen molar-refractivity contribution in [2.24, 2.45) is 7.05 Å². The van der Waals surface area contributed by atoms with Crippen LogP contribution in [-0.2, 0) is 7.05 Å². The lowest BCUT2D eigenvalue weighted by molar-refractivity contribution is -0.385. The molecule has 182 valence electrons. The zero-order valence-electron chi connectivity index (χ0n) is 18.6. The average molecular weight is 529 g/mol. The molecule has 4 rings (SSSR count). The van der Waals surface area contributed by atoms with Crippen LogP contribution in [-0.4, -0.2) is 52.9 Å². The molecule has 3 aromatic rings. The number of hydrogen-bond donors (Lipinski definition) is 1. The number of aromatic nitrogens is 1. The first-order chi connectivity index (χ1) is 15.8. The Morgan fingerprint density at radius 2 is 1.62 bits per heavy atom. The molecule has 0 radical (unpaired) electrons. The van der Waals surface area contributed by atoms with E-state index in [0.717, 1.165) is 0 Å². The molecule has 3 N–H and O–H groups in total. The van der Waals surface area contributed by atoms with E-state index in [-0.39, 0.29) is 12.1 Å². The predicted octanol–water partition coefficient (Wildman–Crippen LogP) is 4.73. The highest BCUT2D eigenvalue weighted by molar-refractivity contribution is 6.42. The van der Waals surface area contributed by atoms with Gasteiger partial charge in [-0.15, -0.1) is 11.6 Å². The van der Waals surface area contributed by atoms with Crippen molar-refractivity contribution in [3.05, 3.63) is 78.5 Å². The van der Waals surface area contributed by atoms with E-state index in [1.54, 1.807) is 46.2 Å². The number of hydrogen-bond acceptors (Lipinski definition) is 6. The van der Waals surface area contributed by atoms with Gasteiger partial charge in [-0.1, -0.05) is 41.4 Å². The maximum Gasteiger partial charge on any atom is 0.357 e. The lowest BCUT2D eigenvalue weighted by Crippen LogP contribution is -2.49. The summed E-state index contributed by atoms with van der Waals surface area (Å²) in [5.74, 6) is -0.193. The molecule has 34 heavy (non-hydrogen) atoms. The van der Waals surface area contributed by atoms with Crippen LogP contribution in [0.3, 0.4) is 0 Å². The highest BCUT2D eigenvalue weighted by Crippen LogP contribution is 2.34. The van der Waals surface area contributed by atoms with E-state index in [0.29, 0.717) is 58.4 Å². The van der Waals surface area contributed by atoms with E-state index in [1.807, 2.05) is 0 Å². The van der Waals surface area contributed by atoms with Gasteiger partial charge in [-0.3, -0.25) is 19.7 Å². The topological polar surface area (TPSA) is 124 Å². The molecule has 0 aliphatic carbocycles. The van der Waals surface area contributed by atoms with Gasteiger partial charge in [0.1, 0.15) is 5.69 Å². The van der Waals surface area contributed by atoms with Gasteiger partial charge in [-0.05, 0) is 24.3 Å². The zero-order chi connectivity index (χ0) is 24.3. The first kappa shape index (κ1) is 27.4. The largest absolute Gasteiger partial charge is 0.362 e. The Balaban J connectivity index is 0.00000133. The van der Waals surface area contributed by atoms with Crippen LogP contribution in [0.1, 0.15) is 10.4 Å². The third kappa shape index (κ3) is 5.12. The summed E-state index contributed by atoms with van der Waals surface area (Å²) < 4.78 is 1.29. The van der Waals surface area contributed by atoms with Crippen molar-refractivity contribution in [1.29, 1.82) is 0 Å². The maximum absolute atomic E-state index is 12.8. The van der Waals surface area contributed by atoms with Crippen molar-refractivity contribution in [1.82, 2.24) is 15.6 Å². The first-order valence-corrected chi connectivity index (χ1v) is 11.4. The molecule has 0 unspecified atom stereocenters. The van der Waals surface area contributed by atoms with E-state index in [9.17, 15) is 19.7 Å². The number of fused-ring (bicyclic) bond motifs is 1. The summed E-state index contributed by atoms with van der Waals surface area (Å²) in [6, 6.07) is 11.8. The van der Waals surface area contributed by atoms with Gasteiger partial charge in [-0.25, -0.2) is 0 Å². The van der Waals surface area contributed by atoms with Crippen molar-refractivity contribution < 1.29 is 9.72 Å². The lowest BCUT2D eigenvalue weighted by Gasteiger charge is -2.36. The molecule has 0 bridgehead atoms. The second-order valence-corrected chi connectivity index (χ2v) is 8.06. The number of halogens is 3. The minimum absolute atomic E-state index is 0. The number of rotatable bonds is 3. The van der Waals surface area contributed by atoms with Gasteiger partial charge in [0.25, 0.3) is 5.91 Å². The smallest absolute Gasteiger partial charge is 0.357 e. The molecule has 1 aliphatic heterocycles. The fourth-order valence-corrected chi connectivity index (χ4v) is 4.19. The molecule has 9 nitrogen and oxygen atoms in total. The predicted molar refractivity (Wildman–Crippen MR) is 137 cm³/mol. The van der Waals surface area contributed by atoms with Crippen LogP contribution in [0.25, 0.3) is 10.9 Å². The van der Waals surface area contributed by atoms with E-state index in [1.165, 1.54) is 24.1 Å². The Bertz CT molecular complexity index is 1270. The number of benzene rings is 2. The number of aryl methyl sites for hydroxylation is 1. The number of para-hydroxylation sites is 1. The second kappa shape index (κ2) is 11.5. The van der Waals surface area contributed by atoms with Gasteiger partial charge in [0.15, 0.2) is 0 Å². The third-order valence-electron chi connectivity index (χ3n) is 5.48. The lowest BCUT2D eigenvalue weighted by atomic mass is 10.1. The number of carbonyl (C=O) groups excluding carboxylic acids is 1. The molecule has 1 aromatic heterocycles. The molecular weight excluding hydrogens is 505 g/mol. The van der Waals surface area contributed by atoms with Gasteiger partial charge in [0, 0.05) is 50.6 Å². The number of pyridine rings is 1. The maximum atomic E-state index is 12.8. The van der Waals surface area contributed by atoms with Gasteiger partial charge in [-0.2, -0.15) is 0 Å². The number of carbonyl (C=O) groups is 1. The number of amides is 1. The Hall–Kier alpha value is -2.85. The molecule has 1 aliphatic rings. The van der Waals surface area contributed by atoms with Gasteiger partial charge < -0.3 is 20.5 Å². The molecule has 1 amide bonds. The minimum atomic E-state index is -0.659. The number of nitro groups is 1. The number of piperazine rings is 1. The van der Waals surface area contributed by atoms with Crippen LogP contribution in [0.4, 0.5) is 11.4 Å². The van der Waals surface area contributed by atoms with Gasteiger partial charge in [0.05, 0.1) is 20.5 Å². The third-order valence-corrected chi connectivity index (χ3v) is 6.22. The second-order valence-electron chi connectivity index (χ2n) is 7.24. The van der Waals surface area contributed by atoms with Crippen LogP contribution in [0.15, 0.2) is 47.3 Å². The fourth-order valence-electron chi connectivity index (χ4n) is 3.89. The Morgan fingerprint density at radius 3 is 2.21 bits per heavy atom. The molecule has 1 fully saturated rings. The molecule has 1 saturated heterocycles. The molecule has 2 heterocycles. The standard InChI is InChI=1S/C21H18Cl2N4O4.CH3Cl.H3N/c1-24-17-5-3-2-4-14(17)18(19(21(24)29)27(30)31)25-8-10-26(11-9-25)20(28)13-6-7-15(22)16(23)12-13;1-2;/h2-7,12H,8-11H2,1H3;1H3;1H3.